The van der Waals surface area contributed by atoms with Gasteiger partial charge in [0.25, 0.3) is 0 Å². The fourth-order valence-corrected chi connectivity index (χ4v) is 1.62. The van der Waals surface area contributed by atoms with Crippen molar-refractivity contribution >= 4 is 40.0 Å². The molecule has 0 aliphatic carbocycles. The Morgan fingerprint density at radius 1 is 1.69 bits per heavy atom. The Morgan fingerprint density at radius 2 is 2.15 bits per heavy atom. The topological polar surface area (TPSA) is 77.8 Å². The molecule has 6 heteroatoms. The molecule has 1 atom stereocenters. The zero-order chi connectivity index (χ0) is 10.4. The third-order valence-corrected chi connectivity index (χ3v) is 2.80. The molecule has 5 nitrogen and oxygen atoms in total. The van der Waals surface area contributed by atoms with E-state index in [2.05, 4.69) is 6.58 Å². The average molecular weight is 195 g/mol. The zero-order valence-corrected chi connectivity index (χ0v) is 9.43. The summed E-state index contributed by atoms with van der Waals surface area (Å²) < 4.78 is 0.350. The van der Waals surface area contributed by atoms with Crippen LogP contribution in [0.3, 0.4) is 0 Å². The van der Waals surface area contributed by atoms with Gasteiger partial charge in [-0.15, -0.1) is 0 Å². The Hall–Kier alpha value is -0.520. The summed E-state index contributed by atoms with van der Waals surface area (Å²) in [6.07, 6.45) is 0.831. The second-order valence-corrected chi connectivity index (χ2v) is 4.08. The molecule has 1 heterocycles. The van der Waals surface area contributed by atoms with Gasteiger partial charge >= 0.3 is 78.6 Å². The van der Waals surface area contributed by atoms with Gasteiger partial charge in [-0.2, -0.15) is 0 Å². The quantitative estimate of drug-likeness (QED) is 0.598. The predicted molar refractivity (Wildman–Crippen MR) is 46.7 cm³/mol. The van der Waals surface area contributed by atoms with Crippen molar-refractivity contribution in [3.8, 4) is 0 Å². The van der Waals surface area contributed by atoms with Gasteiger partial charge in [0.15, 0.2) is 0 Å². The van der Waals surface area contributed by atoms with Gasteiger partial charge in [-0.25, -0.2) is 4.79 Å². The van der Waals surface area contributed by atoms with Crippen molar-refractivity contribution in [1.82, 2.24) is 4.90 Å². The Balaban J connectivity index is 0.000000310. The first-order valence-electron chi connectivity index (χ1n) is 3.84. The van der Waals surface area contributed by atoms with Crippen LogP contribution in [0.2, 0.25) is 3.17 Å². The minimum Gasteiger partial charge on any atom is -0.450 e. The summed E-state index contributed by atoms with van der Waals surface area (Å²) in [5.41, 5.74) is 0. The van der Waals surface area contributed by atoms with E-state index in [9.17, 15) is 4.79 Å². The molecule has 0 aromatic heterocycles. The monoisotopic (exact) mass is 195 g/mol. The second-order valence-electron chi connectivity index (χ2n) is 2.69. The Kier molecular flexibility index (Phi) is 5.77. The predicted octanol–water partition coefficient (Wildman–Crippen LogP) is 0.542. The average Bonchev–Trinajstić information content (AvgIpc) is 2.32. The van der Waals surface area contributed by atoms with Gasteiger partial charge < -0.3 is 10.2 Å². The third kappa shape index (κ3) is 4.92. The van der Waals surface area contributed by atoms with Crippen LogP contribution in [0.4, 0.5) is 4.79 Å². The largest absolute Gasteiger partial charge is 0.503 e. The SMILES string of the molecule is C=CN1CC[CH]([Na])C1=O.O=C(O)O. The van der Waals surface area contributed by atoms with E-state index in [1.165, 1.54) is 0 Å². The second kappa shape index (κ2) is 6.01. The maximum Gasteiger partial charge on any atom is 0.503 e. The number of carboxylic acid groups (broad SMARTS) is 2. The summed E-state index contributed by atoms with van der Waals surface area (Å²) in [5.74, 6) is 0.275. The zero-order valence-electron chi connectivity index (χ0n) is 7.43. The molecule has 1 rings (SSSR count). The first-order valence-corrected chi connectivity index (χ1v) is 4.99. The van der Waals surface area contributed by atoms with Gasteiger partial charge in [-0.05, 0) is 0 Å². The molecular weight excluding hydrogens is 185 g/mol. The van der Waals surface area contributed by atoms with Gasteiger partial charge in [0.2, 0.25) is 0 Å². The molecule has 1 amide bonds. The van der Waals surface area contributed by atoms with Crippen molar-refractivity contribution in [3.05, 3.63) is 12.8 Å². The molecule has 1 aliphatic heterocycles. The van der Waals surface area contributed by atoms with Crippen LogP contribution in [0, 0.1) is 0 Å². The van der Waals surface area contributed by atoms with E-state index in [1.54, 1.807) is 11.1 Å². The summed E-state index contributed by atoms with van der Waals surface area (Å²) in [6, 6.07) is 0. The number of hydrogen-bond acceptors (Lipinski definition) is 2. The standard InChI is InChI=1S/C6H8NO.CH2O3.Na/c1-2-7-5-3-4-6(7)8;2-1(3)4;/h2,4H,1,3,5H2;(H2,2,3,4);. The van der Waals surface area contributed by atoms with E-state index < -0.39 is 6.16 Å². The number of carbonyl (C=O) groups excluding carboxylic acids is 1. The number of rotatable bonds is 1. The van der Waals surface area contributed by atoms with Crippen LogP contribution < -0.4 is 0 Å². The molecule has 0 bridgehead atoms. The van der Waals surface area contributed by atoms with Crippen molar-refractivity contribution in [1.29, 1.82) is 0 Å². The van der Waals surface area contributed by atoms with Crippen molar-refractivity contribution in [2.75, 3.05) is 6.54 Å². The minimum absolute atomic E-state index is 0.275. The van der Waals surface area contributed by atoms with Crippen LogP contribution >= 0.6 is 0 Å². The number of nitrogens with zero attached hydrogens (tertiary/aromatic N) is 1. The molecule has 13 heavy (non-hydrogen) atoms. The molecular formula is C7H10NNaO4. The van der Waals surface area contributed by atoms with E-state index in [-0.39, 0.29) is 5.91 Å². The molecule has 1 saturated heterocycles. The molecule has 68 valence electrons. The number of hydrogen-bond donors (Lipinski definition) is 2. The van der Waals surface area contributed by atoms with Gasteiger partial charge in [-0.3, -0.25) is 0 Å². The molecule has 0 aromatic rings. The fourth-order valence-electron chi connectivity index (χ4n) is 1.03. The molecule has 0 aromatic carbocycles. The number of amides is 1. The smallest absolute Gasteiger partial charge is 0.450 e. The maximum absolute atomic E-state index is 11.0. The molecule has 1 aliphatic rings. The number of carbonyl (C=O) groups is 2. The van der Waals surface area contributed by atoms with E-state index in [4.69, 9.17) is 15.0 Å². The summed E-state index contributed by atoms with van der Waals surface area (Å²) in [6.45, 7) is 4.43. The summed E-state index contributed by atoms with van der Waals surface area (Å²) in [4.78, 5) is 21.3. The van der Waals surface area contributed by atoms with Gasteiger partial charge in [0.05, 0.1) is 0 Å². The Morgan fingerprint density at radius 3 is 2.31 bits per heavy atom. The van der Waals surface area contributed by atoms with Gasteiger partial charge in [0, 0.05) is 0 Å². The van der Waals surface area contributed by atoms with Crippen molar-refractivity contribution in [2.45, 2.75) is 9.59 Å². The summed E-state index contributed by atoms with van der Waals surface area (Å²) >= 11 is 0.991. The maximum atomic E-state index is 11.0. The molecule has 1 unspecified atom stereocenters. The van der Waals surface area contributed by atoms with Crippen LogP contribution in [0.25, 0.3) is 0 Å². The Labute approximate surface area is 93.4 Å². The number of likely N-dealkylation sites (tertiary alicyclic amines) is 1. The first kappa shape index (κ1) is 12.5. The molecule has 0 radical (unpaired) electrons. The molecule has 0 saturated carbocycles. The van der Waals surface area contributed by atoms with Crippen molar-refractivity contribution in [3.63, 3.8) is 0 Å². The summed E-state index contributed by atoms with van der Waals surface area (Å²) in [7, 11) is 0. The van der Waals surface area contributed by atoms with Gasteiger partial charge in [0.1, 0.15) is 0 Å². The van der Waals surface area contributed by atoms with E-state index in [0.29, 0.717) is 3.17 Å². The Bertz CT molecular complexity index is 215. The van der Waals surface area contributed by atoms with Crippen LogP contribution in [0.15, 0.2) is 12.8 Å². The molecule has 1 fully saturated rings. The van der Waals surface area contributed by atoms with E-state index >= 15 is 0 Å². The minimum atomic E-state index is -1.83. The van der Waals surface area contributed by atoms with Crippen LogP contribution in [-0.2, 0) is 4.79 Å². The fraction of sp³-hybridized carbons (Fsp3) is 0.429. The molecule has 0 spiro atoms. The normalized spacial score (nSPS) is 20.6. The van der Waals surface area contributed by atoms with E-state index in [1.807, 2.05) is 0 Å². The first-order chi connectivity index (χ1) is 5.99. The van der Waals surface area contributed by atoms with Gasteiger partial charge in [-0.1, -0.05) is 0 Å². The van der Waals surface area contributed by atoms with Crippen LogP contribution in [0.5, 0.6) is 0 Å². The van der Waals surface area contributed by atoms with Crippen LogP contribution in [0.1, 0.15) is 6.42 Å². The van der Waals surface area contributed by atoms with Crippen LogP contribution in [-0.4, -0.2) is 61.7 Å². The van der Waals surface area contributed by atoms with Crippen molar-refractivity contribution in [2.24, 2.45) is 0 Å². The van der Waals surface area contributed by atoms with Crippen molar-refractivity contribution < 1.29 is 19.8 Å². The molecule has 2 N–H and O–H groups in total. The van der Waals surface area contributed by atoms with E-state index in [0.717, 1.165) is 40.9 Å². The summed E-state index contributed by atoms with van der Waals surface area (Å²) in [5, 5.41) is 13.9. The third-order valence-electron chi connectivity index (χ3n) is 1.73.